The molecule has 0 unspecified atom stereocenters. The van der Waals surface area contributed by atoms with Crippen LogP contribution in [0.2, 0.25) is 0 Å². The second-order valence-electron chi connectivity index (χ2n) is 4.23. The van der Waals surface area contributed by atoms with Crippen molar-refractivity contribution in [2.45, 2.75) is 6.54 Å². The van der Waals surface area contributed by atoms with Gasteiger partial charge < -0.3 is 19.4 Å². The standard InChI is InChI=1S/C14H17N3O3/c1-17-7-6-15-13(14(17)18)16-9-10-4-5-11(19-2)12(8-10)20-3/h4-8H,9H2,1-3H3,(H,15,16). The Kier molecular flexibility index (Phi) is 4.24. The molecule has 0 aliphatic rings. The summed E-state index contributed by atoms with van der Waals surface area (Å²) in [6.07, 6.45) is 3.20. The summed E-state index contributed by atoms with van der Waals surface area (Å²) in [5, 5.41) is 3.02. The molecule has 0 amide bonds. The summed E-state index contributed by atoms with van der Waals surface area (Å²) >= 11 is 0. The van der Waals surface area contributed by atoms with Crippen molar-refractivity contribution in [3.8, 4) is 11.5 Å². The van der Waals surface area contributed by atoms with Crippen LogP contribution >= 0.6 is 0 Å². The van der Waals surface area contributed by atoms with Gasteiger partial charge >= 0.3 is 0 Å². The molecular weight excluding hydrogens is 258 g/mol. The first-order valence-electron chi connectivity index (χ1n) is 6.12. The summed E-state index contributed by atoms with van der Waals surface area (Å²) in [5.74, 6) is 1.65. The quantitative estimate of drug-likeness (QED) is 0.893. The molecule has 0 saturated heterocycles. The minimum absolute atomic E-state index is 0.159. The lowest BCUT2D eigenvalue weighted by Crippen LogP contribution is -2.21. The Morgan fingerprint density at radius 1 is 1.25 bits per heavy atom. The molecule has 0 saturated carbocycles. The molecular formula is C14H17N3O3. The number of hydrogen-bond acceptors (Lipinski definition) is 5. The van der Waals surface area contributed by atoms with E-state index in [1.54, 1.807) is 33.7 Å². The molecule has 0 aliphatic carbocycles. The molecule has 6 nitrogen and oxygen atoms in total. The molecule has 1 N–H and O–H groups in total. The first-order valence-corrected chi connectivity index (χ1v) is 6.12. The SMILES string of the molecule is COc1ccc(CNc2nccn(C)c2=O)cc1OC. The van der Waals surface area contributed by atoms with E-state index in [9.17, 15) is 4.79 Å². The van der Waals surface area contributed by atoms with E-state index in [0.717, 1.165) is 5.56 Å². The number of aryl methyl sites for hydroxylation is 1. The van der Waals surface area contributed by atoms with Crippen molar-refractivity contribution in [1.82, 2.24) is 9.55 Å². The third-order valence-corrected chi connectivity index (χ3v) is 2.92. The highest BCUT2D eigenvalue weighted by Crippen LogP contribution is 2.27. The minimum Gasteiger partial charge on any atom is -0.493 e. The van der Waals surface area contributed by atoms with E-state index in [-0.39, 0.29) is 5.56 Å². The monoisotopic (exact) mass is 275 g/mol. The van der Waals surface area contributed by atoms with Crippen molar-refractivity contribution in [2.75, 3.05) is 19.5 Å². The van der Waals surface area contributed by atoms with Gasteiger partial charge in [-0.1, -0.05) is 6.07 Å². The van der Waals surface area contributed by atoms with Gasteiger partial charge in [0.05, 0.1) is 14.2 Å². The molecule has 0 aliphatic heterocycles. The Morgan fingerprint density at radius 3 is 2.70 bits per heavy atom. The van der Waals surface area contributed by atoms with Crippen LogP contribution in [0.3, 0.4) is 0 Å². The van der Waals surface area contributed by atoms with Crippen molar-refractivity contribution in [2.24, 2.45) is 7.05 Å². The largest absolute Gasteiger partial charge is 0.493 e. The van der Waals surface area contributed by atoms with Crippen LogP contribution in [-0.2, 0) is 13.6 Å². The smallest absolute Gasteiger partial charge is 0.293 e. The van der Waals surface area contributed by atoms with Crippen molar-refractivity contribution in [3.05, 3.63) is 46.5 Å². The summed E-state index contributed by atoms with van der Waals surface area (Å²) in [7, 11) is 4.86. The molecule has 0 spiro atoms. The molecule has 1 aromatic heterocycles. The summed E-state index contributed by atoms with van der Waals surface area (Å²) in [6.45, 7) is 0.479. The zero-order chi connectivity index (χ0) is 14.5. The summed E-state index contributed by atoms with van der Waals surface area (Å²) in [6, 6.07) is 5.59. The fraction of sp³-hybridized carbons (Fsp3) is 0.286. The van der Waals surface area contributed by atoms with Gasteiger partial charge in [-0.05, 0) is 17.7 Å². The molecule has 6 heteroatoms. The highest BCUT2D eigenvalue weighted by atomic mass is 16.5. The second kappa shape index (κ2) is 6.10. The minimum atomic E-state index is -0.159. The fourth-order valence-electron chi connectivity index (χ4n) is 1.80. The average Bonchev–Trinajstić information content (AvgIpc) is 2.48. The number of hydrogen-bond donors (Lipinski definition) is 1. The van der Waals surface area contributed by atoms with Crippen molar-refractivity contribution >= 4 is 5.82 Å². The lowest BCUT2D eigenvalue weighted by Gasteiger charge is -2.10. The van der Waals surface area contributed by atoms with E-state index in [4.69, 9.17) is 9.47 Å². The number of methoxy groups -OCH3 is 2. The zero-order valence-corrected chi connectivity index (χ0v) is 11.7. The van der Waals surface area contributed by atoms with Crippen LogP contribution in [0.15, 0.2) is 35.4 Å². The van der Waals surface area contributed by atoms with Crippen molar-refractivity contribution in [1.29, 1.82) is 0 Å². The predicted molar refractivity (Wildman–Crippen MR) is 76.4 cm³/mol. The summed E-state index contributed by atoms with van der Waals surface area (Å²) in [4.78, 5) is 15.8. The van der Waals surface area contributed by atoms with Crippen LogP contribution in [-0.4, -0.2) is 23.8 Å². The normalized spacial score (nSPS) is 10.2. The van der Waals surface area contributed by atoms with Crippen molar-refractivity contribution in [3.63, 3.8) is 0 Å². The van der Waals surface area contributed by atoms with Gasteiger partial charge in [-0.25, -0.2) is 4.98 Å². The van der Waals surface area contributed by atoms with E-state index >= 15 is 0 Å². The van der Waals surface area contributed by atoms with Gasteiger partial charge in [0.1, 0.15) is 0 Å². The lowest BCUT2D eigenvalue weighted by atomic mass is 10.2. The van der Waals surface area contributed by atoms with E-state index in [1.807, 2.05) is 18.2 Å². The molecule has 0 radical (unpaired) electrons. The van der Waals surface area contributed by atoms with Gasteiger partial charge in [-0.2, -0.15) is 0 Å². The van der Waals surface area contributed by atoms with Gasteiger partial charge in [0.25, 0.3) is 5.56 Å². The Morgan fingerprint density at radius 2 is 2.00 bits per heavy atom. The Bertz CT molecular complexity index is 652. The number of aromatic nitrogens is 2. The first kappa shape index (κ1) is 13.9. The van der Waals surface area contributed by atoms with E-state index in [0.29, 0.717) is 23.9 Å². The zero-order valence-electron chi connectivity index (χ0n) is 11.7. The number of anilines is 1. The van der Waals surface area contributed by atoms with Gasteiger partial charge in [0.2, 0.25) is 0 Å². The summed E-state index contributed by atoms with van der Waals surface area (Å²) in [5.41, 5.74) is 0.809. The van der Waals surface area contributed by atoms with Gasteiger partial charge in [0, 0.05) is 26.0 Å². The van der Waals surface area contributed by atoms with E-state index in [2.05, 4.69) is 10.3 Å². The molecule has 1 aromatic carbocycles. The van der Waals surface area contributed by atoms with Gasteiger partial charge in [0.15, 0.2) is 17.3 Å². The lowest BCUT2D eigenvalue weighted by molar-refractivity contribution is 0.354. The van der Waals surface area contributed by atoms with Crippen LogP contribution in [0, 0.1) is 0 Å². The first-order chi connectivity index (χ1) is 9.65. The van der Waals surface area contributed by atoms with Crippen LogP contribution in [0.1, 0.15) is 5.56 Å². The molecule has 0 fully saturated rings. The Labute approximate surface area is 117 Å². The van der Waals surface area contributed by atoms with Crippen LogP contribution in [0.4, 0.5) is 5.82 Å². The van der Waals surface area contributed by atoms with E-state index in [1.165, 1.54) is 4.57 Å². The number of ether oxygens (including phenoxy) is 2. The Balaban J connectivity index is 2.15. The second-order valence-corrected chi connectivity index (χ2v) is 4.23. The van der Waals surface area contributed by atoms with Crippen LogP contribution in [0.25, 0.3) is 0 Å². The van der Waals surface area contributed by atoms with Gasteiger partial charge in [-0.15, -0.1) is 0 Å². The Hall–Kier alpha value is -2.50. The number of nitrogens with one attached hydrogen (secondary N) is 1. The maximum atomic E-state index is 11.8. The molecule has 1 heterocycles. The molecule has 106 valence electrons. The predicted octanol–water partition coefficient (Wildman–Crippen LogP) is 1.41. The molecule has 0 bridgehead atoms. The molecule has 0 atom stereocenters. The average molecular weight is 275 g/mol. The molecule has 2 rings (SSSR count). The van der Waals surface area contributed by atoms with Crippen LogP contribution in [0.5, 0.6) is 11.5 Å². The third-order valence-electron chi connectivity index (χ3n) is 2.92. The molecule has 20 heavy (non-hydrogen) atoms. The number of benzene rings is 1. The van der Waals surface area contributed by atoms with Gasteiger partial charge in [-0.3, -0.25) is 4.79 Å². The fourth-order valence-corrected chi connectivity index (χ4v) is 1.80. The van der Waals surface area contributed by atoms with Crippen LogP contribution < -0.4 is 20.3 Å². The highest BCUT2D eigenvalue weighted by molar-refractivity contribution is 5.44. The third kappa shape index (κ3) is 2.90. The summed E-state index contributed by atoms with van der Waals surface area (Å²) < 4.78 is 11.9. The number of rotatable bonds is 5. The number of nitrogens with zero attached hydrogens (tertiary/aromatic N) is 2. The maximum absolute atomic E-state index is 11.8. The molecule has 2 aromatic rings. The topological polar surface area (TPSA) is 65.4 Å². The highest BCUT2D eigenvalue weighted by Gasteiger charge is 2.06. The van der Waals surface area contributed by atoms with Crippen molar-refractivity contribution < 1.29 is 9.47 Å². The maximum Gasteiger partial charge on any atom is 0.293 e. The van der Waals surface area contributed by atoms with E-state index < -0.39 is 0 Å².